The predicted molar refractivity (Wildman–Crippen MR) is 80.5 cm³/mol. The Labute approximate surface area is 128 Å². The first-order valence-electron chi connectivity index (χ1n) is 7.08. The molecule has 2 amide bonds. The average Bonchev–Trinajstić information content (AvgIpc) is 2.47. The van der Waals surface area contributed by atoms with Crippen LogP contribution in [-0.4, -0.2) is 24.5 Å². The number of nitrogens with two attached hydrogens (primary N) is 1. The van der Waals surface area contributed by atoms with Gasteiger partial charge in [0.15, 0.2) is 6.61 Å². The minimum atomic E-state index is -0.639. The van der Waals surface area contributed by atoms with Gasteiger partial charge in [0.1, 0.15) is 5.75 Å². The third-order valence-electron chi connectivity index (χ3n) is 3.54. The molecule has 0 radical (unpaired) electrons. The summed E-state index contributed by atoms with van der Waals surface area (Å²) in [6.45, 7) is -0.140. The van der Waals surface area contributed by atoms with Crippen LogP contribution in [0.5, 0.6) is 5.75 Å². The average molecular weight is 311 g/mol. The quantitative estimate of drug-likeness (QED) is 0.875. The molecule has 0 heterocycles. The van der Waals surface area contributed by atoms with E-state index in [9.17, 15) is 9.59 Å². The van der Waals surface area contributed by atoms with E-state index < -0.39 is 5.91 Å². The largest absolute Gasteiger partial charge is 0.483 e. The molecule has 6 heteroatoms. The minimum absolute atomic E-state index is 0.140. The van der Waals surface area contributed by atoms with E-state index in [1.165, 1.54) is 18.6 Å². The molecule has 0 unspecified atom stereocenters. The normalized spacial score (nSPS) is 15.5. The number of carbonyl (C=O) groups excluding carboxylic acids is 2. The van der Waals surface area contributed by atoms with Gasteiger partial charge in [-0.2, -0.15) is 0 Å². The third kappa shape index (κ3) is 4.63. The molecule has 1 aromatic rings. The summed E-state index contributed by atoms with van der Waals surface area (Å²) < 4.78 is 5.39. The Kier molecular flexibility index (Phi) is 5.44. The maximum absolute atomic E-state index is 11.9. The number of primary amides is 1. The number of ether oxygens (including phenoxy) is 1. The first kappa shape index (κ1) is 15.6. The van der Waals surface area contributed by atoms with Crippen LogP contribution in [0.25, 0.3) is 0 Å². The van der Waals surface area contributed by atoms with Crippen LogP contribution >= 0.6 is 11.6 Å². The van der Waals surface area contributed by atoms with Gasteiger partial charge in [0.25, 0.3) is 11.8 Å². The lowest BCUT2D eigenvalue weighted by molar-refractivity contribution is -0.124. The van der Waals surface area contributed by atoms with Crippen molar-refractivity contribution in [3.63, 3.8) is 0 Å². The number of rotatable bonds is 5. The molecule has 1 aliphatic rings. The molecule has 0 aliphatic heterocycles. The van der Waals surface area contributed by atoms with E-state index in [0.717, 1.165) is 25.7 Å². The number of hydrogen-bond acceptors (Lipinski definition) is 3. The SMILES string of the molecule is NC(=O)c1cc(Cl)ccc1OCC(=O)NC1CCCCC1. The Hall–Kier alpha value is -1.75. The van der Waals surface area contributed by atoms with Crippen LogP contribution in [0.15, 0.2) is 18.2 Å². The van der Waals surface area contributed by atoms with Gasteiger partial charge in [-0.05, 0) is 31.0 Å². The number of hydrogen-bond donors (Lipinski definition) is 2. The van der Waals surface area contributed by atoms with Crippen molar-refractivity contribution in [2.75, 3.05) is 6.61 Å². The van der Waals surface area contributed by atoms with E-state index in [1.54, 1.807) is 6.07 Å². The Morgan fingerprint density at radius 2 is 2.00 bits per heavy atom. The number of carbonyl (C=O) groups is 2. The predicted octanol–water partition coefficient (Wildman–Crippen LogP) is 2.27. The van der Waals surface area contributed by atoms with Gasteiger partial charge in [0, 0.05) is 11.1 Å². The van der Waals surface area contributed by atoms with Crippen molar-refractivity contribution in [2.24, 2.45) is 5.73 Å². The standard InChI is InChI=1S/C15H19ClN2O3/c16-10-6-7-13(12(8-10)15(17)20)21-9-14(19)18-11-4-2-1-3-5-11/h6-8,11H,1-5,9H2,(H2,17,20)(H,18,19). The van der Waals surface area contributed by atoms with E-state index in [0.29, 0.717) is 5.02 Å². The molecule has 1 saturated carbocycles. The number of benzene rings is 1. The van der Waals surface area contributed by atoms with E-state index in [-0.39, 0.29) is 29.9 Å². The maximum atomic E-state index is 11.9. The lowest BCUT2D eigenvalue weighted by atomic mass is 9.95. The molecule has 5 nitrogen and oxygen atoms in total. The van der Waals surface area contributed by atoms with Crippen molar-refractivity contribution in [3.05, 3.63) is 28.8 Å². The molecule has 21 heavy (non-hydrogen) atoms. The van der Waals surface area contributed by atoms with E-state index >= 15 is 0 Å². The van der Waals surface area contributed by atoms with Gasteiger partial charge in [0.05, 0.1) is 5.56 Å². The third-order valence-corrected chi connectivity index (χ3v) is 3.77. The maximum Gasteiger partial charge on any atom is 0.258 e. The number of nitrogens with one attached hydrogen (secondary N) is 1. The first-order valence-corrected chi connectivity index (χ1v) is 7.45. The van der Waals surface area contributed by atoms with Crippen LogP contribution in [0.2, 0.25) is 5.02 Å². The van der Waals surface area contributed by atoms with E-state index in [4.69, 9.17) is 22.1 Å². The first-order chi connectivity index (χ1) is 10.1. The molecule has 1 aromatic carbocycles. The highest BCUT2D eigenvalue weighted by Gasteiger charge is 2.17. The van der Waals surface area contributed by atoms with Gasteiger partial charge in [0.2, 0.25) is 0 Å². The van der Waals surface area contributed by atoms with E-state index in [2.05, 4.69) is 5.32 Å². The van der Waals surface area contributed by atoms with Crippen molar-refractivity contribution >= 4 is 23.4 Å². The second-order valence-corrected chi connectivity index (χ2v) is 5.63. The van der Waals surface area contributed by atoms with Gasteiger partial charge in [-0.15, -0.1) is 0 Å². The summed E-state index contributed by atoms with van der Waals surface area (Å²) in [5.74, 6) is -0.557. The van der Waals surface area contributed by atoms with Crippen LogP contribution in [0.4, 0.5) is 0 Å². The fourth-order valence-corrected chi connectivity index (χ4v) is 2.65. The van der Waals surface area contributed by atoms with Gasteiger partial charge in [-0.1, -0.05) is 30.9 Å². The zero-order valence-electron chi connectivity index (χ0n) is 11.7. The van der Waals surface area contributed by atoms with Crippen molar-refractivity contribution in [3.8, 4) is 5.75 Å². The van der Waals surface area contributed by atoms with E-state index in [1.807, 2.05) is 0 Å². The lowest BCUT2D eigenvalue weighted by Crippen LogP contribution is -2.39. The molecule has 0 spiro atoms. The monoisotopic (exact) mass is 310 g/mol. The fraction of sp³-hybridized carbons (Fsp3) is 0.467. The molecule has 0 aromatic heterocycles. The molecule has 3 N–H and O–H groups in total. The zero-order valence-corrected chi connectivity index (χ0v) is 12.5. The van der Waals surface area contributed by atoms with Crippen LogP contribution < -0.4 is 15.8 Å². The molecule has 1 aliphatic carbocycles. The second kappa shape index (κ2) is 7.31. The second-order valence-electron chi connectivity index (χ2n) is 5.20. The molecular formula is C15H19ClN2O3. The number of halogens is 1. The van der Waals surface area contributed by atoms with Crippen molar-refractivity contribution < 1.29 is 14.3 Å². The summed E-state index contributed by atoms with van der Waals surface area (Å²) in [5, 5.41) is 3.33. The zero-order chi connectivity index (χ0) is 15.2. The minimum Gasteiger partial charge on any atom is -0.483 e. The Bertz CT molecular complexity index is 528. The summed E-state index contributed by atoms with van der Waals surface area (Å²) in [5.41, 5.74) is 5.44. The Balaban J connectivity index is 1.90. The van der Waals surface area contributed by atoms with Gasteiger partial charge < -0.3 is 15.8 Å². The summed E-state index contributed by atoms with van der Waals surface area (Å²) in [6.07, 6.45) is 5.55. The number of amides is 2. The molecule has 2 rings (SSSR count). The smallest absolute Gasteiger partial charge is 0.258 e. The molecule has 1 fully saturated rings. The Morgan fingerprint density at radius 1 is 1.29 bits per heavy atom. The van der Waals surface area contributed by atoms with Crippen LogP contribution in [-0.2, 0) is 4.79 Å². The summed E-state index contributed by atoms with van der Waals surface area (Å²) in [6, 6.07) is 4.78. The van der Waals surface area contributed by atoms with Crippen LogP contribution in [0.1, 0.15) is 42.5 Å². The highest BCUT2D eigenvalue weighted by molar-refractivity contribution is 6.31. The van der Waals surface area contributed by atoms with Gasteiger partial charge >= 0.3 is 0 Å². The molecule has 0 atom stereocenters. The highest BCUT2D eigenvalue weighted by atomic mass is 35.5. The summed E-state index contributed by atoms with van der Waals surface area (Å²) >= 11 is 5.81. The molecule has 114 valence electrons. The fourth-order valence-electron chi connectivity index (χ4n) is 2.48. The molecule has 0 bridgehead atoms. The topological polar surface area (TPSA) is 81.4 Å². The molecular weight excluding hydrogens is 292 g/mol. The Morgan fingerprint density at radius 3 is 2.67 bits per heavy atom. The molecule has 0 saturated heterocycles. The summed E-state index contributed by atoms with van der Waals surface area (Å²) in [4.78, 5) is 23.2. The lowest BCUT2D eigenvalue weighted by Gasteiger charge is -2.22. The summed E-state index contributed by atoms with van der Waals surface area (Å²) in [7, 11) is 0. The highest BCUT2D eigenvalue weighted by Crippen LogP contribution is 2.22. The van der Waals surface area contributed by atoms with Gasteiger partial charge in [-0.3, -0.25) is 9.59 Å². The van der Waals surface area contributed by atoms with Crippen LogP contribution in [0.3, 0.4) is 0 Å². The van der Waals surface area contributed by atoms with Crippen LogP contribution in [0, 0.1) is 0 Å². The van der Waals surface area contributed by atoms with Crippen molar-refractivity contribution in [1.29, 1.82) is 0 Å². The van der Waals surface area contributed by atoms with Crippen molar-refractivity contribution in [2.45, 2.75) is 38.1 Å². The van der Waals surface area contributed by atoms with Crippen molar-refractivity contribution in [1.82, 2.24) is 5.32 Å². The van der Waals surface area contributed by atoms with Gasteiger partial charge in [-0.25, -0.2) is 0 Å².